The Labute approximate surface area is 106 Å². The minimum Gasteiger partial charge on any atom is -0.379 e. The number of hydrogen-bond donors (Lipinski definition) is 2. The van der Waals surface area contributed by atoms with Crippen molar-refractivity contribution in [1.82, 2.24) is 5.09 Å². The SMILES string of the molecule is CCCCCNP(=O)(CC)C(O)C[N+](C)(C)C. The smallest absolute Gasteiger partial charge is 0.180 e. The summed E-state index contributed by atoms with van der Waals surface area (Å²) in [6.45, 7) is 5.29. The van der Waals surface area contributed by atoms with Gasteiger partial charge in [0.15, 0.2) is 13.1 Å². The normalized spacial score (nSPS) is 17.8. The van der Waals surface area contributed by atoms with Crippen LogP contribution in [0.5, 0.6) is 0 Å². The van der Waals surface area contributed by atoms with Crippen LogP contribution < -0.4 is 5.09 Å². The zero-order valence-corrected chi connectivity index (χ0v) is 13.0. The molecule has 0 aromatic rings. The van der Waals surface area contributed by atoms with Crippen LogP contribution in [0.1, 0.15) is 33.1 Å². The molecule has 2 N–H and O–H groups in total. The molecule has 0 spiro atoms. The van der Waals surface area contributed by atoms with E-state index in [9.17, 15) is 9.67 Å². The topological polar surface area (TPSA) is 49.3 Å². The Morgan fingerprint density at radius 3 is 2.24 bits per heavy atom. The van der Waals surface area contributed by atoms with Gasteiger partial charge in [-0.3, -0.25) is 5.09 Å². The molecule has 0 bridgehead atoms. The van der Waals surface area contributed by atoms with Gasteiger partial charge < -0.3 is 14.2 Å². The molecule has 0 heterocycles. The molecule has 2 atom stereocenters. The number of aliphatic hydroxyl groups excluding tert-OH is 1. The third-order valence-electron chi connectivity index (χ3n) is 2.82. The Hall–Kier alpha value is 0.110. The molecule has 17 heavy (non-hydrogen) atoms. The monoisotopic (exact) mass is 265 g/mol. The van der Waals surface area contributed by atoms with E-state index in [1.54, 1.807) is 0 Å². The number of quaternary nitrogens is 1. The van der Waals surface area contributed by atoms with E-state index in [1.807, 2.05) is 28.1 Å². The van der Waals surface area contributed by atoms with Crippen molar-refractivity contribution in [2.24, 2.45) is 0 Å². The molecule has 0 fully saturated rings. The second kappa shape index (κ2) is 7.52. The van der Waals surface area contributed by atoms with Crippen LogP contribution in [-0.4, -0.2) is 55.8 Å². The molecule has 5 heteroatoms. The molecule has 2 unspecified atom stereocenters. The van der Waals surface area contributed by atoms with Crippen molar-refractivity contribution in [2.75, 3.05) is 40.4 Å². The van der Waals surface area contributed by atoms with E-state index in [2.05, 4.69) is 12.0 Å². The van der Waals surface area contributed by atoms with Gasteiger partial charge >= 0.3 is 0 Å². The zero-order chi connectivity index (χ0) is 13.5. The van der Waals surface area contributed by atoms with Crippen LogP contribution in [0.15, 0.2) is 0 Å². The molecule has 0 aromatic carbocycles. The molecular formula is C12H30N2O2P+. The van der Waals surface area contributed by atoms with Crippen LogP contribution in [0.4, 0.5) is 0 Å². The highest BCUT2D eigenvalue weighted by molar-refractivity contribution is 7.62. The Morgan fingerprint density at radius 2 is 1.82 bits per heavy atom. The summed E-state index contributed by atoms with van der Waals surface area (Å²) in [7, 11) is 3.36. The summed E-state index contributed by atoms with van der Waals surface area (Å²) in [6, 6.07) is 0. The largest absolute Gasteiger partial charge is 0.379 e. The summed E-state index contributed by atoms with van der Waals surface area (Å²) in [6.07, 6.45) is 3.83. The Kier molecular flexibility index (Phi) is 7.57. The molecule has 0 aliphatic heterocycles. The third-order valence-corrected chi connectivity index (χ3v) is 5.65. The molecule has 0 aliphatic rings. The quantitative estimate of drug-likeness (QED) is 0.381. The van der Waals surface area contributed by atoms with E-state index < -0.39 is 13.1 Å². The second-order valence-corrected chi connectivity index (χ2v) is 8.82. The van der Waals surface area contributed by atoms with E-state index in [0.717, 1.165) is 25.8 Å². The molecule has 0 saturated heterocycles. The molecule has 104 valence electrons. The van der Waals surface area contributed by atoms with E-state index >= 15 is 0 Å². The maximum atomic E-state index is 12.6. The van der Waals surface area contributed by atoms with Crippen molar-refractivity contribution >= 4 is 7.29 Å². The van der Waals surface area contributed by atoms with Crippen molar-refractivity contribution in [1.29, 1.82) is 0 Å². The number of nitrogens with zero attached hydrogens (tertiary/aromatic N) is 1. The van der Waals surface area contributed by atoms with E-state index in [0.29, 0.717) is 17.2 Å². The number of hydrogen-bond acceptors (Lipinski definition) is 2. The highest BCUT2D eigenvalue weighted by Gasteiger charge is 2.33. The molecule has 4 nitrogen and oxygen atoms in total. The maximum absolute atomic E-state index is 12.6. The van der Waals surface area contributed by atoms with Gasteiger partial charge in [-0.1, -0.05) is 26.7 Å². The second-order valence-electron chi connectivity index (χ2n) is 5.68. The van der Waals surface area contributed by atoms with Gasteiger partial charge in [-0.05, 0) is 6.42 Å². The van der Waals surface area contributed by atoms with Gasteiger partial charge in [0, 0.05) is 12.7 Å². The van der Waals surface area contributed by atoms with Gasteiger partial charge in [0.05, 0.1) is 21.1 Å². The molecule has 0 amide bonds. The lowest BCUT2D eigenvalue weighted by atomic mass is 10.3. The van der Waals surface area contributed by atoms with Gasteiger partial charge in [-0.25, -0.2) is 0 Å². The van der Waals surface area contributed by atoms with Crippen molar-refractivity contribution < 1.29 is 14.2 Å². The fraction of sp³-hybridized carbons (Fsp3) is 1.00. The summed E-state index contributed by atoms with van der Waals surface area (Å²) in [5.74, 6) is -0.742. The van der Waals surface area contributed by atoms with Crippen LogP contribution in [0, 0.1) is 0 Å². The van der Waals surface area contributed by atoms with Crippen molar-refractivity contribution in [3.63, 3.8) is 0 Å². The van der Waals surface area contributed by atoms with Crippen LogP contribution in [0.25, 0.3) is 0 Å². The Balaban J connectivity index is 4.30. The standard InChI is InChI=1S/C12H30N2O2P/c1-6-8-9-10-13-17(16,7-2)12(15)11-14(3,4)5/h12,15H,6-11H2,1-5H3,(H,13,16)/q+1. The first-order valence-electron chi connectivity index (χ1n) is 6.57. The van der Waals surface area contributed by atoms with Crippen LogP contribution in [0.3, 0.4) is 0 Å². The first-order valence-corrected chi connectivity index (χ1v) is 8.53. The summed E-state index contributed by atoms with van der Waals surface area (Å²) in [4.78, 5) is 0. The van der Waals surface area contributed by atoms with E-state index in [-0.39, 0.29) is 0 Å². The lowest BCUT2D eigenvalue weighted by Gasteiger charge is -2.31. The minimum atomic E-state index is -2.64. The summed E-state index contributed by atoms with van der Waals surface area (Å²) in [5.41, 5.74) is 0. The third kappa shape index (κ3) is 7.20. The Bertz CT molecular complexity index is 251. The molecular weight excluding hydrogens is 235 g/mol. The van der Waals surface area contributed by atoms with Crippen LogP contribution in [0.2, 0.25) is 0 Å². The van der Waals surface area contributed by atoms with E-state index in [4.69, 9.17) is 0 Å². The van der Waals surface area contributed by atoms with Crippen LogP contribution >= 0.6 is 7.29 Å². The summed E-state index contributed by atoms with van der Waals surface area (Å²) >= 11 is 0. The first kappa shape index (κ1) is 17.1. The highest BCUT2D eigenvalue weighted by Crippen LogP contribution is 2.45. The molecule has 0 radical (unpaired) electrons. The molecule has 0 aliphatic carbocycles. The van der Waals surface area contributed by atoms with Gasteiger partial charge in [-0.2, -0.15) is 0 Å². The molecule has 0 saturated carbocycles. The van der Waals surface area contributed by atoms with Crippen LogP contribution in [-0.2, 0) is 4.57 Å². The lowest BCUT2D eigenvalue weighted by molar-refractivity contribution is -0.872. The average Bonchev–Trinajstić information content (AvgIpc) is 2.21. The minimum absolute atomic E-state index is 0.514. The fourth-order valence-electron chi connectivity index (χ4n) is 1.69. The zero-order valence-electron chi connectivity index (χ0n) is 12.1. The average molecular weight is 265 g/mol. The Morgan fingerprint density at radius 1 is 1.24 bits per heavy atom. The fourth-order valence-corrected chi connectivity index (χ4v) is 3.84. The van der Waals surface area contributed by atoms with Gasteiger partial charge in [0.25, 0.3) is 0 Å². The number of likely N-dealkylation sites (N-methyl/N-ethyl adjacent to an activating group) is 1. The molecule has 0 rings (SSSR count). The predicted molar refractivity (Wildman–Crippen MR) is 74.6 cm³/mol. The summed E-state index contributed by atoms with van der Waals surface area (Å²) in [5, 5.41) is 13.2. The van der Waals surface area contributed by atoms with E-state index in [1.165, 1.54) is 0 Å². The number of aliphatic hydroxyl groups is 1. The first-order chi connectivity index (χ1) is 7.75. The number of unbranched alkanes of at least 4 members (excludes halogenated alkanes) is 2. The van der Waals surface area contributed by atoms with Gasteiger partial charge in [0.2, 0.25) is 0 Å². The maximum Gasteiger partial charge on any atom is 0.180 e. The van der Waals surface area contributed by atoms with Crippen molar-refractivity contribution in [2.45, 2.75) is 39.0 Å². The van der Waals surface area contributed by atoms with Gasteiger partial charge in [-0.15, -0.1) is 0 Å². The summed E-state index contributed by atoms with van der Waals surface area (Å²) < 4.78 is 13.2. The number of nitrogens with one attached hydrogen (secondary N) is 1. The molecule has 0 aromatic heterocycles. The lowest BCUT2D eigenvalue weighted by Crippen LogP contribution is -2.43. The highest BCUT2D eigenvalue weighted by atomic mass is 31.2. The predicted octanol–water partition coefficient (Wildman–Crippen LogP) is 2.09. The van der Waals surface area contributed by atoms with Crippen molar-refractivity contribution in [3.8, 4) is 0 Å². The number of rotatable bonds is 9. The van der Waals surface area contributed by atoms with Crippen molar-refractivity contribution in [3.05, 3.63) is 0 Å². The van der Waals surface area contributed by atoms with Gasteiger partial charge in [0.1, 0.15) is 6.54 Å².